The lowest BCUT2D eigenvalue weighted by Crippen LogP contribution is -2.66. The van der Waals surface area contributed by atoms with Crippen molar-refractivity contribution in [2.75, 3.05) is 19.6 Å². The molecule has 0 radical (unpaired) electrons. The Bertz CT molecular complexity index is 468. The highest BCUT2D eigenvalue weighted by Gasteiger charge is 2.43. The van der Waals surface area contributed by atoms with Gasteiger partial charge in [0, 0.05) is 18.6 Å². The fourth-order valence-electron chi connectivity index (χ4n) is 3.54. The van der Waals surface area contributed by atoms with Gasteiger partial charge in [0.25, 0.3) is 0 Å². The van der Waals surface area contributed by atoms with E-state index in [0.717, 1.165) is 19.0 Å². The van der Waals surface area contributed by atoms with Crippen LogP contribution in [0.15, 0.2) is 30.3 Å². The second-order valence-corrected chi connectivity index (χ2v) is 7.56. The Balaban J connectivity index is 1.82. The first-order chi connectivity index (χ1) is 10.1. The number of hydrogen-bond acceptors (Lipinski definition) is 2. The summed E-state index contributed by atoms with van der Waals surface area (Å²) >= 11 is 0. The van der Waals surface area contributed by atoms with Crippen molar-refractivity contribution < 1.29 is 0 Å². The molecule has 1 aliphatic carbocycles. The summed E-state index contributed by atoms with van der Waals surface area (Å²) < 4.78 is 0. The van der Waals surface area contributed by atoms with E-state index in [4.69, 9.17) is 0 Å². The third kappa shape index (κ3) is 3.17. The van der Waals surface area contributed by atoms with Gasteiger partial charge in [-0.1, -0.05) is 50.1 Å². The maximum atomic E-state index is 3.83. The lowest BCUT2D eigenvalue weighted by atomic mass is 9.82. The van der Waals surface area contributed by atoms with Crippen molar-refractivity contribution in [3.63, 3.8) is 0 Å². The van der Waals surface area contributed by atoms with Gasteiger partial charge in [-0.2, -0.15) is 0 Å². The van der Waals surface area contributed by atoms with E-state index in [9.17, 15) is 0 Å². The Labute approximate surface area is 129 Å². The van der Waals surface area contributed by atoms with Crippen LogP contribution in [0.3, 0.4) is 0 Å². The van der Waals surface area contributed by atoms with E-state index in [-0.39, 0.29) is 11.1 Å². The Morgan fingerprint density at radius 3 is 2.52 bits per heavy atom. The first kappa shape index (κ1) is 15.1. The molecule has 2 atom stereocenters. The molecule has 0 amide bonds. The average Bonchev–Trinajstić information content (AvgIpc) is 3.34. The largest absolute Gasteiger partial charge is 0.308 e. The highest BCUT2D eigenvalue weighted by Crippen LogP contribution is 2.37. The van der Waals surface area contributed by atoms with Crippen molar-refractivity contribution in [3.05, 3.63) is 35.9 Å². The number of benzene rings is 1. The molecule has 2 nitrogen and oxygen atoms in total. The van der Waals surface area contributed by atoms with Gasteiger partial charge in [-0.25, -0.2) is 0 Å². The summed E-state index contributed by atoms with van der Waals surface area (Å²) in [6.45, 7) is 10.5. The third-order valence-electron chi connectivity index (χ3n) is 5.78. The molecule has 21 heavy (non-hydrogen) atoms. The van der Waals surface area contributed by atoms with Crippen molar-refractivity contribution in [3.8, 4) is 0 Å². The van der Waals surface area contributed by atoms with Crippen molar-refractivity contribution in [1.29, 1.82) is 0 Å². The van der Waals surface area contributed by atoms with Gasteiger partial charge in [-0.05, 0) is 44.7 Å². The Morgan fingerprint density at radius 1 is 1.19 bits per heavy atom. The molecular formula is C19H30N2. The summed E-state index contributed by atoms with van der Waals surface area (Å²) in [6.07, 6.45) is 5.48. The Hall–Kier alpha value is -0.860. The number of piperazine rings is 1. The van der Waals surface area contributed by atoms with Gasteiger partial charge in [-0.15, -0.1) is 0 Å². The molecule has 116 valence electrons. The lowest BCUT2D eigenvalue weighted by molar-refractivity contribution is 0.0148. The fourth-order valence-corrected chi connectivity index (χ4v) is 3.54. The molecule has 1 aliphatic heterocycles. The van der Waals surface area contributed by atoms with Crippen LogP contribution in [0.5, 0.6) is 0 Å². The standard InChI is InChI=1S/C19H30N2/c1-4-18(2)15-21(13-12-16-10-11-16)19(3,14-20-18)17-8-6-5-7-9-17/h5-9,16,20H,4,10-15H2,1-3H3. The van der Waals surface area contributed by atoms with Crippen LogP contribution in [0.1, 0.15) is 52.0 Å². The molecule has 1 saturated heterocycles. The molecule has 2 aliphatic rings. The molecule has 1 N–H and O–H groups in total. The average molecular weight is 286 g/mol. The van der Waals surface area contributed by atoms with Crippen LogP contribution < -0.4 is 5.32 Å². The normalized spacial score (nSPS) is 34.0. The molecule has 2 unspecified atom stereocenters. The van der Waals surface area contributed by atoms with E-state index >= 15 is 0 Å². The van der Waals surface area contributed by atoms with Gasteiger partial charge in [0.05, 0.1) is 5.54 Å². The maximum Gasteiger partial charge on any atom is 0.0558 e. The van der Waals surface area contributed by atoms with Crippen LogP contribution in [0.4, 0.5) is 0 Å². The van der Waals surface area contributed by atoms with E-state index in [2.05, 4.69) is 61.3 Å². The minimum atomic E-state index is 0.130. The zero-order valence-corrected chi connectivity index (χ0v) is 13.9. The van der Waals surface area contributed by atoms with Gasteiger partial charge in [0.15, 0.2) is 0 Å². The molecule has 0 aromatic heterocycles. The van der Waals surface area contributed by atoms with Gasteiger partial charge in [-0.3, -0.25) is 4.90 Å². The van der Waals surface area contributed by atoms with Crippen LogP contribution in [0, 0.1) is 5.92 Å². The highest BCUT2D eigenvalue weighted by molar-refractivity contribution is 5.26. The van der Waals surface area contributed by atoms with Crippen LogP contribution in [0.2, 0.25) is 0 Å². The van der Waals surface area contributed by atoms with Crippen molar-refractivity contribution in [1.82, 2.24) is 10.2 Å². The quantitative estimate of drug-likeness (QED) is 0.886. The van der Waals surface area contributed by atoms with E-state index in [1.807, 2.05) is 0 Å². The molecule has 2 fully saturated rings. The zero-order chi connectivity index (χ0) is 14.9. The van der Waals surface area contributed by atoms with Gasteiger partial charge in [0.2, 0.25) is 0 Å². The SMILES string of the molecule is CCC1(C)CN(CCC2CC2)C(C)(c2ccccc2)CN1. The van der Waals surface area contributed by atoms with E-state index < -0.39 is 0 Å². The summed E-state index contributed by atoms with van der Waals surface area (Å²) in [5.41, 5.74) is 1.84. The zero-order valence-electron chi connectivity index (χ0n) is 13.9. The van der Waals surface area contributed by atoms with Crippen molar-refractivity contribution >= 4 is 0 Å². The van der Waals surface area contributed by atoms with Crippen molar-refractivity contribution in [2.24, 2.45) is 5.92 Å². The molecule has 0 spiro atoms. The van der Waals surface area contributed by atoms with Crippen LogP contribution >= 0.6 is 0 Å². The monoisotopic (exact) mass is 286 g/mol. The van der Waals surface area contributed by atoms with Crippen LogP contribution in [0.25, 0.3) is 0 Å². The number of hydrogen-bond donors (Lipinski definition) is 1. The summed E-state index contributed by atoms with van der Waals surface area (Å²) in [7, 11) is 0. The predicted octanol–water partition coefficient (Wildman–Crippen LogP) is 3.78. The topological polar surface area (TPSA) is 15.3 Å². The van der Waals surface area contributed by atoms with Crippen molar-refractivity contribution in [2.45, 2.75) is 57.5 Å². The molecule has 1 heterocycles. The number of rotatable bonds is 5. The van der Waals surface area contributed by atoms with E-state index in [1.54, 1.807) is 0 Å². The lowest BCUT2D eigenvalue weighted by Gasteiger charge is -2.52. The van der Waals surface area contributed by atoms with Crippen LogP contribution in [-0.4, -0.2) is 30.1 Å². The van der Waals surface area contributed by atoms with E-state index in [0.29, 0.717) is 0 Å². The Morgan fingerprint density at radius 2 is 1.90 bits per heavy atom. The number of nitrogens with zero attached hydrogens (tertiary/aromatic N) is 1. The molecule has 1 aromatic carbocycles. The Kier molecular flexibility index (Phi) is 4.11. The third-order valence-corrected chi connectivity index (χ3v) is 5.78. The molecule has 0 bridgehead atoms. The fraction of sp³-hybridized carbons (Fsp3) is 0.684. The van der Waals surface area contributed by atoms with E-state index in [1.165, 1.54) is 37.8 Å². The molecule has 1 saturated carbocycles. The van der Waals surface area contributed by atoms with Crippen LogP contribution in [-0.2, 0) is 5.54 Å². The first-order valence-electron chi connectivity index (χ1n) is 8.61. The summed E-state index contributed by atoms with van der Waals surface area (Å²) in [5.74, 6) is 1.01. The van der Waals surface area contributed by atoms with Gasteiger partial charge >= 0.3 is 0 Å². The predicted molar refractivity (Wildman–Crippen MR) is 89.4 cm³/mol. The summed E-state index contributed by atoms with van der Waals surface area (Å²) in [6, 6.07) is 11.1. The summed E-state index contributed by atoms with van der Waals surface area (Å²) in [4.78, 5) is 2.75. The number of nitrogens with one attached hydrogen (secondary N) is 1. The summed E-state index contributed by atoms with van der Waals surface area (Å²) in [5, 5.41) is 3.83. The second kappa shape index (κ2) is 5.73. The molecule has 1 aromatic rings. The van der Waals surface area contributed by atoms with Gasteiger partial charge < -0.3 is 5.32 Å². The first-order valence-corrected chi connectivity index (χ1v) is 8.61. The minimum Gasteiger partial charge on any atom is -0.308 e. The van der Waals surface area contributed by atoms with Gasteiger partial charge in [0.1, 0.15) is 0 Å². The second-order valence-electron chi connectivity index (χ2n) is 7.56. The smallest absolute Gasteiger partial charge is 0.0558 e. The minimum absolute atomic E-state index is 0.130. The molecular weight excluding hydrogens is 256 g/mol. The molecule has 3 rings (SSSR count). The molecule has 2 heteroatoms. The highest BCUT2D eigenvalue weighted by atomic mass is 15.3. The maximum absolute atomic E-state index is 3.83.